The summed E-state index contributed by atoms with van der Waals surface area (Å²) in [4.78, 5) is 0. The van der Waals surface area contributed by atoms with Crippen LogP contribution in [0, 0.1) is 5.41 Å². The van der Waals surface area contributed by atoms with Gasteiger partial charge >= 0.3 is 0 Å². The minimum atomic E-state index is -0.0702. The van der Waals surface area contributed by atoms with Crippen molar-refractivity contribution in [1.29, 1.82) is 0 Å². The molecule has 0 spiro atoms. The van der Waals surface area contributed by atoms with Crippen molar-refractivity contribution in [3.8, 4) is 11.5 Å². The van der Waals surface area contributed by atoms with E-state index in [1.165, 1.54) is 5.56 Å². The fourth-order valence-corrected chi connectivity index (χ4v) is 3.12. The van der Waals surface area contributed by atoms with Crippen LogP contribution >= 0.6 is 0 Å². The molecular formula is C18H24O2. The molecule has 0 radical (unpaired) electrons. The molecule has 0 fully saturated rings. The third kappa shape index (κ3) is 3.06. The second-order valence-corrected chi connectivity index (χ2v) is 7.52. The van der Waals surface area contributed by atoms with Gasteiger partial charge in [-0.2, -0.15) is 0 Å². The second kappa shape index (κ2) is 4.69. The number of hydrogen-bond donors (Lipinski definition) is 2. The largest absolute Gasteiger partial charge is 0.504 e. The van der Waals surface area contributed by atoms with Gasteiger partial charge in [0, 0.05) is 0 Å². The summed E-state index contributed by atoms with van der Waals surface area (Å²) in [5, 5.41) is 21.1. The van der Waals surface area contributed by atoms with Crippen molar-refractivity contribution in [1.82, 2.24) is 0 Å². The van der Waals surface area contributed by atoms with Crippen LogP contribution in [-0.4, -0.2) is 10.2 Å². The van der Waals surface area contributed by atoms with E-state index in [0.717, 1.165) is 17.2 Å². The number of phenolic OH excluding ortho intramolecular Hbond substituents is 2. The van der Waals surface area contributed by atoms with E-state index in [1.807, 2.05) is 6.07 Å². The molecule has 0 bridgehead atoms. The van der Waals surface area contributed by atoms with Gasteiger partial charge in [0.15, 0.2) is 11.5 Å². The van der Waals surface area contributed by atoms with Crippen LogP contribution in [0.5, 0.6) is 11.5 Å². The molecule has 0 aliphatic rings. The molecule has 2 heteroatoms. The molecule has 0 aromatic heterocycles. The Balaban J connectivity index is 2.48. The summed E-state index contributed by atoms with van der Waals surface area (Å²) < 4.78 is 0. The molecule has 0 aliphatic heterocycles. The minimum Gasteiger partial charge on any atom is -0.504 e. The SMILES string of the molecule is CC(C)(C)CC(C)(C)c1ccc2cc(O)c(O)cc2c1. The summed E-state index contributed by atoms with van der Waals surface area (Å²) in [5.74, 6) is -0.137. The van der Waals surface area contributed by atoms with Gasteiger partial charge in [0.2, 0.25) is 0 Å². The van der Waals surface area contributed by atoms with Crippen LogP contribution in [0.4, 0.5) is 0 Å². The molecular weight excluding hydrogens is 248 g/mol. The molecule has 0 amide bonds. The standard InChI is InChI=1S/C18H24O2/c1-17(2,3)11-18(4,5)14-7-6-12-9-15(19)16(20)10-13(12)8-14/h6-10,19-20H,11H2,1-5H3. The Morgan fingerprint density at radius 3 is 1.90 bits per heavy atom. The van der Waals surface area contributed by atoms with Gasteiger partial charge in [0.25, 0.3) is 0 Å². The summed E-state index contributed by atoms with van der Waals surface area (Å²) in [6.45, 7) is 11.2. The molecule has 0 saturated heterocycles. The van der Waals surface area contributed by atoms with Crippen LogP contribution < -0.4 is 0 Å². The van der Waals surface area contributed by atoms with Crippen molar-refractivity contribution < 1.29 is 10.2 Å². The molecule has 0 saturated carbocycles. The molecule has 20 heavy (non-hydrogen) atoms. The number of rotatable bonds is 2. The molecule has 2 nitrogen and oxygen atoms in total. The van der Waals surface area contributed by atoms with E-state index in [-0.39, 0.29) is 22.3 Å². The molecule has 2 aromatic carbocycles. The Hall–Kier alpha value is -1.70. The van der Waals surface area contributed by atoms with Gasteiger partial charge in [-0.25, -0.2) is 0 Å². The highest BCUT2D eigenvalue weighted by Gasteiger charge is 2.27. The van der Waals surface area contributed by atoms with Gasteiger partial charge < -0.3 is 10.2 Å². The minimum absolute atomic E-state index is 0.0664. The third-order valence-electron chi connectivity index (χ3n) is 3.69. The van der Waals surface area contributed by atoms with Crippen molar-refractivity contribution in [2.45, 2.75) is 46.5 Å². The van der Waals surface area contributed by atoms with E-state index >= 15 is 0 Å². The predicted molar refractivity (Wildman–Crippen MR) is 84.4 cm³/mol. The fraction of sp³-hybridized carbons (Fsp3) is 0.444. The first-order valence-electron chi connectivity index (χ1n) is 7.05. The Morgan fingerprint density at radius 2 is 1.35 bits per heavy atom. The maximum Gasteiger partial charge on any atom is 0.158 e. The Morgan fingerprint density at radius 1 is 0.800 bits per heavy atom. The van der Waals surface area contributed by atoms with Crippen LogP contribution in [0.2, 0.25) is 0 Å². The van der Waals surface area contributed by atoms with Crippen LogP contribution in [-0.2, 0) is 5.41 Å². The van der Waals surface area contributed by atoms with Gasteiger partial charge in [-0.15, -0.1) is 0 Å². The van der Waals surface area contributed by atoms with Crippen LogP contribution in [0.15, 0.2) is 30.3 Å². The Kier molecular flexibility index (Phi) is 3.45. The van der Waals surface area contributed by atoms with E-state index in [9.17, 15) is 10.2 Å². The summed E-state index contributed by atoms with van der Waals surface area (Å²) in [7, 11) is 0. The smallest absolute Gasteiger partial charge is 0.158 e. The molecule has 2 N–H and O–H groups in total. The normalized spacial score (nSPS) is 12.8. The van der Waals surface area contributed by atoms with E-state index in [1.54, 1.807) is 12.1 Å². The number of phenols is 2. The van der Waals surface area contributed by atoms with E-state index in [0.29, 0.717) is 0 Å². The van der Waals surface area contributed by atoms with Gasteiger partial charge in [-0.1, -0.05) is 52.8 Å². The van der Waals surface area contributed by atoms with Crippen molar-refractivity contribution in [3.63, 3.8) is 0 Å². The molecule has 108 valence electrons. The monoisotopic (exact) mass is 272 g/mol. The van der Waals surface area contributed by atoms with Gasteiger partial charge in [0.05, 0.1) is 0 Å². The van der Waals surface area contributed by atoms with E-state index in [2.05, 4.69) is 46.8 Å². The van der Waals surface area contributed by atoms with Crippen molar-refractivity contribution in [2.75, 3.05) is 0 Å². The van der Waals surface area contributed by atoms with Crippen molar-refractivity contribution in [2.24, 2.45) is 5.41 Å². The van der Waals surface area contributed by atoms with E-state index in [4.69, 9.17) is 0 Å². The summed E-state index contributed by atoms with van der Waals surface area (Å²) in [6, 6.07) is 9.46. The number of benzene rings is 2. The van der Waals surface area contributed by atoms with Crippen molar-refractivity contribution in [3.05, 3.63) is 35.9 Å². The highest BCUT2D eigenvalue weighted by Crippen LogP contribution is 2.38. The maximum absolute atomic E-state index is 9.65. The number of fused-ring (bicyclic) bond motifs is 1. The lowest BCUT2D eigenvalue weighted by atomic mass is 9.72. The molecule has 2 aromatic rings. The topological polar surface area (TPSA) is 40.5 Å². The van der Waals surface area contributed by atoms with Crippen molar-refractivity contribution >= 4 is 10.8 Å². The lowest BCUT2D eigenvalue weighted by Crippen LogP contribution is -2.24. The lowest BCUT2D eigenvalue weighted by Gasteiger charge is -2.33. The van der Waals surface area contributed by atoms with E-state index < -0.39 is 0 Å². The van der Waals surface area contributed by atoms with Gasteiger partial charge in [-0.3, -0.25) is 0 Å². The fourth-order valence-electron chi connectivity index (χ4n) is 3.12. The lowest BCUT2D eigenvalue weighted by molar-refractivity contribution is 0.284. The first-order valence-corrected chi connectivity index (χ1v) is 7.05. The molecule has 0 atom stereocenters. The second-order valence-electron chi connectivity index (χ2n) is 7.52. The number of aromatic hydroxyl groups is 2. The Bertz CT molecular complexity index is 634. The highest BCUT2D eigenvalue weighted by atomic mass is 16.3. The quantitative estimate of drug-likeness (QED) is 0.758. The van der Waals surface area contributed by atoms with Gasteiger partial charge in [0.1, 0.15) is 0 Å². The summed E-state index contributed by atoms with van der Waals surface area (Å²) in [5.41, 5.74) is 1.58. The highest BCUT2D eigenvalue weighted by molar-refractivity contribution is 5.86. The summed E-state index contributed by atoms with van der Waals surface area (Å²) >= 11 is 0. The average Bonchev–Trinajstić information content (AvgIpc) is 2.26. The average molecular weight is 272 g/mol. The maximum atomic E-state index is 9.65. The van der Waals surface area contributed by atoms with Gasteiger partial charge in [-0.05, 0) is 45.7 Å². The zero-order chi connectivity index (χ0) is 15.1. The predicted octanol–water partition coefficient (Wildman–Crippen LogP) is 4.96. The van der Waals surface area contributed by atoms with Crippen LogP contribution in [0.25, 0.3) is 10.8 Å². The molecule has 0 heterocycles. The molecule has 0 aliphatic carbocycles. The first kappa shape index (κ1) is 14.7. The molecule has 2 rings (SSSR count). The first-order chi connectivity index (χ1) is 9.08. The zero-order valence-electron chi connectivity index (χ0n) is 13.0. The molecule has 0 unspecified atom stereocenters. The zero-order valence-corrected chi connectivity index (χ0v) is 13.0. The van der Waals surface area contributed by atoms with Crippen LogP contribution in [0.1, 0.15) is 46.6 Å². The summed E-state index contributed by atoms with van der Waals surface area (Å²) in [6.07, 6.45) is 1.08. The third-order valence-corrected chi connectivity index (χ3v) is 3.69. The Labute approximate surface area is 121 Å². The number of hydrogen-bond acceptors (Lipinski definition) is 2. The van der Waals surface area contributed by atoms with Crippen LogP contribution in [0.3, 0.4) is 0 Å².